The highest BCUT2D eigenvalue weighted by atomic mass is 16.5. The van der Waals surface area contributed by atoms with Crippen LogP contribution < -0.4 is 4.74 Å². The summed E-state index contributed by atoms with van der Waals surface area (Å²) >= 11 is 0. The first kappa shape index (κ1) is 19.5. The van der Waals surface area contributed by atoms with Crippen LogP contribution in [0.5, 0.6) is 5.75 Å². The second kappa shape index (κ2) is 8.02. The van der Waals surface area contributed by atoms with Gasteiger partial charge in [-0.25, -0.2) is 0 Å². The molecule has 7 nitrogen and oxygen atoms in total. The molecule has 4 heterocycles. The third kappa shape index (κ3) is 3.60. The maximum atomic E-state index is 13.0. The fourth-order valence-electron chi connectivity index (χ4n) is 5.96. The Bertz CT molecular complexity index is 913. The molecular weight excluding hydrogens is 378 g/mol. The molecule has 3 aliphatic heterocycles. The van der Waals surface area contributed by atoms with Gasteiger partial charge in [0.1, 0.15) is 17.9 Å². The first-order valence-corrected chi connectivity index (χ1v) is 11.1. The van der Waals surface area contributed by atoms with Crippen molar-refractivity contribution in [3.8, 4) is 5.75 Å². The zero-order valence-corrected chi connectivity index (χ0v) is 17.9. The summed E-state index contributed by atoms with van der Waals surface area (Å²) in [6.45, 7) is 2.88. The van der Waals surface area contributed by atoms with E-state index in [9.17, 15) is 4.79 Å². The number of rotatable bonds is 5. The standard InChI is InChI=1S/C23H31N5O2/c1-26-15-24-25-22(26)14-27-12-17-11-18(13-27)21(28-20(17)7-4-8-23(28)29)10-16-5-3-6-19(9-16)30-2/h3,5-6,9,15,17-18,20-21H,4,7-8,10-14H2,1-2H3/t17-,18+,20+,21+/m1/s1. The fraction of sp³-hybridized carbons (Fsp3) is 0.609. The van der Waals surface area contributed by atoms with E-state index in [0.29, 0.717) is 30.2 Å². The summed E-state index contributed by atoms with van der Waals surface area (Å²) in [6.07, 6.45) is 6.75. The highest BCUT2D eigenvalue weighted by molar-refractivity contribution is 5.78. The third-order valence-electron chi connectivity index (χ3n) is 7.32. The maximum absolute atomic E-state index is 13.0. The Hall–Kier alpha value is -2.41. The van der Waals surface area contributed by atoms with Crippen molar-refractivity contribution < 1.29 is 9.53 Å². The van der Waals surface area contributed by atoms with E-state index in [-0.39, 0.29) is 6.04 Å². The van der Waals surface area contributed by atoms with Crippen LogP contribution in [-0.2, 0) is 24.8 Å². The largest absolute Gasteiger partial charge is 0.497 e. The molecule has 4 atom stereocenters. The second-order valence-corrected chi connectivity index (χ2v) is 9.19. The van der Waals surface area contributed by atoms with Crippen LogP contribution in [0, 0.1) is 11.8 Å². The van der Waals surface area contributed by atoms with E-state index in [1.165, 1.54) is 12.0 Å². The minimum absolute atomic E-state index is 0.258. The molecule has 30 heavy (non-hydrogen) atoms. The number of carbonyl (C=O) groups is 1. The predicted octanol–water partition coefficient (Wildman–Crippen LogP) is 2.27. The molecule has 0 spiro atoms. The number of hydrogen-bond donors (Lipinski definition) is 0. The molecule has 7 heteroatoms. The van der Waals surface area contributed by atoms with E-state index in [1.807, 2.05) is 17.7 Å². The molecule has 0 saturated carbocycles. The van der Waals surface area contributed by atoms with Gasteiger partial charge in [-0.2, -0.15) is 0 Å². The van der Waals surface area contributed by atoms with Crippen molar-refractivity contribution in [3.05, 3.63) is 42.0 Å². The van der Waals surface area contributed by atoms with E-state index >= 15 is 0 Å². The molecule has 3 saturated heterocycles. The molecule has 2 aromatic rings. The number of benzene rings is 1. The molecule has 0 radical (unpaired) electrons. The van der Waals surface area contributed by atoms with Gasteiger partial charge in [-0.15, -0.1) is 10.2 Å². The molecule has 3 fully saturated rings. The van der Waals surface area contributed by atoms with Crippen molar-refractivity contribution in [2.75, 3.05) is 20.2 Å². The van der Waals surface area contributed by atoms with Crippen LogP contribution in [-0.4, -0.2) is 62.8 Å². The van der Waals surface area contributed by atoms with Gasteiger partial charge in [0.2, 0.25) is 5.91 Å². The van der Waals surface area contributed by atoms with E-state index in [2.05, 4.69) is 38.2 Å². The first-order chi connectivity index (χ1) is 14.6. The lowest BCUT2D eigenvalue weighted by molar-refractivity contribution is -0.152. The summed E-state index contributed by atoms with van der Waals surface area (Å²) in [5, 5.41) is 8.34. The number of carbonyl (C=O) groups excluding carboxylic acids is 1. The van der Waals surface area contributed by atoms with Crippen molar-refractivity contribution in [2.45, 2.75) is 50.7 Å². The van der Waals surface area contributed by atoms with Crippen molar-refractivity contribution in [2.24, 2.45) is 18.9 Å². The number of aromatic nitrogens is 3. The Labute approximate surface area is 178 Å². The van der Waals surface area contributed by atoms with Crippen LogP contribution in [0.2, 0.25) is 0 Å². The average molecular weight is 410 g/mol. The van der Waals surface area contributed by atoms with Gasteiger partial charge >= 0.3 is 0 Å². The molecule has 0 aliphatic carbocycles. The van der Waals surface area contributed by atoms with Gasteiger partial charge in [0.15, 0.2) is 0 Å². The number of amides is 1. The number of fused-ring (bicyclic) bond motifs is 4. The Morgan fingerprint density at radius 2 is 2.10 bits per heavy atom. The maximum Gasteiger partial charge on any atom is 0.223 e. The number of aryl methyl sites for hydroxylation is 1. The van der Waals surface area contributed by atoms with Gasteiger partial charge in [-0.1, -0.05) is 12.1 Å². The zero-order valence-electron chi connectivity index (χ0n) is 17.9. The molecule has 0 N–H and O–H groups in total. The predicted molar refractivity (Wildman–Crippen MR) is 113 cm³/mol. The van der Waals surface area contributed by atoms with Crippen molar-refractivity contribution in [1.82, 2.24) is 24.6 Å². The first-order valence-electron chi connectivity index (χ1n) is 11.1. The Morgan fingerprint density at radius 1 is 1.23 bits per heavy atom. The molecule has 2 bridgehead atoms. The number of likely N-dealkylation sites (tertiary alicyclic amines) is 1. The number of hydrogen-bond acceptors (Lipinski definition) is 5. The quantitative estimate of drug-likeness (QED) is 0.758. The van der Waals surface area contributed by atoms with Crippen molar-refractivity contribution >= 4 is 5.91 Å². The summed E-state index contributed by atoms with van der Waals surface area (Å²) in [4.78, 5) is 17.9. The average Bonchev–Trinajstić information content (AvgIpc) is 3.15. The lowest BCUT2D eigenvalue weighted by atomic mass is 9.70. The second-order valence-electron chi connectivity index (χ2n) is 9.19. The van der Waals surface area contributed by atoms with Gasteiger partial charge in [0, 0.05) is 38.6 Å². The van der Waals surface area contributed by atoms with E-state index in [0.717, 1.165) is 50.5 Å². The van der Waals surface area contributed by atoms with E-state index < -0.39 is 0 Å². The number of nitrogens with zero attached hydrogens (tertiary/aromatic N) is 5. The van der Waals surface area contributed by atoms with Crippen LogP contribution in [0.3, 0.4) is 0 Å². The summed E-state index contributed by atoms with van der Waals surface area (Å²) in [7, 11) is 3.72. The van der Waals surface area contributed by atoms with Gasteiger partial charge in [-0.3, -0.25) is 9.69 Å². The van der Waals surface area contributed by atoms with E-state index in [1.54, 1.807) is 13.4 Å². The highest BCUT2D eigenvalue weighted by Crippen LogP contribution is 2.43. The van der Waals surface area contributed by atoms with Crippen LogP contribution >= 0.6 is 0 Å². The van der Waals surface area contributed by atoms with Crippen molar-refractivity contribution in [1.29, 1.82) is 0 Å². The molecular formula is C23H31N5O2. The molecule has 3 aliphatic rings. The van der Waals surface area contributed by atoms with Crippen LogP contribution in [0.4, 0.5) is 0 Å². The highest BCUT2D eigenvalue weighted by Gasteiger charge is 2.49. The van der Waals surface area contributed by atoms with Crippen LogP contribution in [0.25, 0.3) is 0 Å². The van der Waals surface area contributed by atoms with Gasteiger partial charge < -0.3 is 14.2 Å². The minimum atomic E-state index is 0.258. The van der Waals surface area contributed by atoms with Crippen LogP contribution in [0.1, 0.15) is 37.1 Å². The zero-order chi connectivity index (χ0) is 20.7. The molecule has 1 aromatic carbocycles. The summed E-state index contributed by atoms with van der Waals surface area (Å²) in [6, 6.07) is 8.96. The smallest absolute Gasteiger partial charge is 0.223 e. The molecule has 1 amide bonds. The van der Waals surface area contributed by atoms with Gasteiger partial charge in [0.05, 0.1) is 13.7 Å². The Balaban J connectivity index is 1.41. The van der Waals surface area contributed by atoms with E-state index in [4.69, 9.17) is 4.74 Å². The number of ether oxygens (including phenoxy) is 1. The normalized spacial score (nSPS) is 29.0. The van der Waals surface area contributed by atoms with Gasteiger partial charge in [-0.05, 0) is 55.2 Å². The van der Waals surface area contributed by atoms with Crippen LogP contribution in [0.15, 0.2) is 30.6 Å². The summed E-state index contributed by atoms with van der Waals surface area (Å²) in [5.41, 5.74) is 1.25. The SMILES string of the molecule is COc1cccc(C[C@H]2[C@H]3C[C@H](CN(Cc4nncn4C)C3)[C@@H]3CCCC(=O)N32)c1. The summed E-state index contributed by atoms with van der Waals surface area (Å²) in [5.74, 6) is 3.30. The topological polar surface area (TPSA) is 63.5 Å². The lowest BCUT2D eigenvalue weighted by Crippen LogP contribution is -2.65. The van der Waals surface area contributed by atoms with Gasteiger partial charge in [0.25, 0.3) is 0 Å². The molecule has 0 unspecified atom stereocenters. The lowest BCUT2D eigenvalue weighted by Gasteiger charge is -2.56. The molecule has 1 aromatic heterocycles. The Morgan fingerprint density at radius 3 is 2.90 bits per heavy atom. The number of piperidine rings is 3. The fourth-order valence-corrected chi connectivity index (χ4v) is 5.96. The minimum Gasteiger partial charge on any atom is -0.497 e. The Kier molecular flexibility index (Phi) is 5.23. The number of methoxy groups -OCH3 is 1. The van der Waals surface area contributed by atoms with Crippen molar-refractivity contribution in [3.63, 3.8) is 0 Å². The summed E-state index contributed by atoms with van der Waals surface area (Å²) < 4.78 is 7.44. The third-order valence-corrected chi connectivity index (χ3v) is 7.32. The molecule has 160 valence electrons. The molecule has 5 rings (SSSR count). The monoisotopic (exact) mass is 409 g/mol.